The van der Waals surface area contributed by atoms with Crippen LogP contribution in [0.15, 0.2) is 22.7 Å². The van der Waals surface area contributed by atoms with Gasteiger partial charge in [-0.15, -0.1) is 13.2 Å². The number of nitrogens with zero attached hydrogens (tertiary/aromatic N) is 1. The first kappa shape index (κ1) is 18.3. The first-order valence-corrected chi connectivity index (χ1v) is 7.62. The fourth-order valence-electron chi connectivity index (χ4n) is 1.87. The molecule has 0 heterocycles. The maximum absolute atomic E-state index is 12.2. The molecular formula is C14H20BrF3N2O. The maximum Gasteiger partial charge on any atom is 0.573 e. The minimum Gasteiger partial charge on any atom is -0.405 e. The molecule has 0 atom stereocenters. The van der Waals surface area contributed by atoms with Gasteiger partial charge in [-0.25, -0.2) is 0 Å². The zero-order chi connectivity index (χ0) is 15.9. The van der Waals surface area contributed by atoms with Crippen molar-refractivity contribution < 1.29 is 17.9 Å². The summed E-state index contributed by atoms with van der Waals surface area (Å²) in [5.41, 5.74) is 0.899. The maximum atomic E-state index is 12.2. The quantitative estimate of drug-likeness (QED) is 0.706. The van der Waals surface area contributed by atoms with Crippen LogP contribution in [0.2, 0.25) is 0 Å². The zero-order valence-corrected chi connectivity index (χ0v) is 13.7. The SMILES string of the molecule is CCN(CC)CCNCc1ccc(OC(F)(F)F)c(Br)c1. The van der Waals surface area contributed by atoms with E-state index in [1.165, 1.54) is 6.07 Å². The molecule has 0 aromatic heterocycles. The molecule has 1 aromatic carbocycles. The Morgan fingerprint density at radius 3 is 2.43 bits per heavy atom. The second kappa shape index (κ2) is 8.60. The molecule has 1 rings (SSSR count). The standard InChI is InChI=1S/C14H20BrF3N2O/c1-3-20(4-2)8-7-19-10-11-5-6-13(12(15)9-11)21-14(16,17)18/h5-6,9,19H,3-4,7-8,10H2,1-2H3. The molecule has 7 heteroatoms. The van der Waals surface area contributed by atoms with Gasteiger partial charge < -0.3 is 15.0 Å². The predicted molar refractivity (Wildman–Crippen MR) is 80.3 cm³/mol. The highest BCUT2D eigenvalue weighted by molar-refractivity contribution is 9.10. The van der Waals surface area contributed by atoms with Gasteiger partial charge in [0.25, 0.3) is 0 Å². The molecular weight excluding hydrogens is 349 g/mol. The third kappa shape index (κ3) is 7.15. The molecule has 0 aliphatic heterocycles. The molecule has 0 unspecified atom stereocenters. The van der Waals surface area contributed by atoms with Gasteiger partial charge in [0.1, 0.15) is 5.75 Å². The normalized spacial score (nSPS) is 12.0. The third-order valence-corrected chi connectivity index (χ3v) is 3.67. The number of likely N-dealkylation sites (N-methyl/N-ethyl adjacent to an activating group) is 1. The molecule has 21 heavy (non-hydrogen) atoms. The van der Waals surface area contributed by atoms with Crippen molar-refractivity contribution in [3.8, 4) is 5.75 Å². The molecule has 1 N–H and O–H groups in total. The number of halogens is 4. The first-order chi connectivity index (χ1) is 9.85. The van der Waals surface area contributed by atoms with E-state index in [0.29, 0.717) is 11.0 Å². The highest BCUT2D eigenvalue weighted by atomic mass is 79.9. The number of nitrogens with one attached hydrogen (secondary N) is 1. The lowest BCUT2D eigenvalue weighted by Crippen LogP contribution is -2.31. The molecule has 0 saturated heterocycles. The van der Waals surface area contributed by atoms with E-state index in [-0.39, 0.29) is 5.75 Å². The van der Waals surface area contributed by atoms with Crippen LogP contribution in [-0.2, 0) is 6.54 Å². The number of alkyl halides is 3. The van der Waals surface area contributed by atoms with E-state index in [1.807, 2.05) is 0 Å². The Balaban J connectivity index is 2.45. The van der Waals surface area contributed by atoms with Crippen molar-refractivity contribution in [1.82, 2.24) is 10.2 Å². The van der Waals surface area contributed by atoms with Crippen molar-refractivity contribution in [2.24, 2.45) is 0 Å². The Morgan fingerprint density at radius 2 is 1.90 bits per heavy atom. The number of ether oxygens (including phenoxy) is 1. The molecule has 3 nitrogen and oxygen atoms in total. The second-order valence-corrected chi connectivity index (χ2v) is 5.37. The zero-order valence-electron chi connectivity index (χ0n) is 12.1. The molecule has 0 aliphatic carbocycles. The van der Waals surface area contributed by atoms with Gasteiger partial charge in [0.05, 0.1) is 4.47 Å². The van der Waals surface area contributed by atoms with Crippen LogP contribution < -0.4 is 10.1 Å². The highest BCUT2D eigenvalue weighted by Gasteiger charge is 2.31. The fraction of sp³-hybridized carbons (Fsp3) is 0.571. The summed E-state index contributed by atoms with van der Waals surface area (Å²) in [4.78, 5) is 2.29. The summed E-state index contributed by atoms with van der Waals surface area (Å²) in [6.07, 6.45) is -4.67. The van der Waals surface area contributed by atoms with Crippen LogP contribution in [0.3, 0.4) is 0 Å². The summed E-state index contributed by atoms with van der Waals surface area (Å²) in [5, 5.41) is 3.27. The molecule has 0 amide bonds. The van der Waals surface area contributed by atoms with Crippen molar-refractivity contribution in [3.63, 3.8) is 0 Å². The van der Waals surface area contributed by atoms with E-state index >= 15 is 0 Å². The van der Waals surface area contributed by atoms with E-state index in [9.17, 15) is 13.2 Å². The molecule has 0 fully saturated rings. The van der Waals surface area contributed by atoms with Gasteiger partial charge in [0, 0.05) is 19.6 Å². The van der Waals surface area contributed by atoms with Gasteiger partial charge in [-0.3, -0.25) is 0 Å². The second-order valence-electron chi connectivity index (χ2n) is 4.52. The van der Waals surface area contributed by atoms with Crippen LogP contribution in [0, 0.1) is 0 Å². The number of benzene rings is 1. The Hall–Kier alpha value is -0.790. The molecule has 0 saturated carbocycles. The predicted octanol–water partition coefficient (Wildman–Crippen LogP) is 3.78. The van der Waals surface area contributed by atoms with Gasteiger partial charge in [-0.2, -0.15) is 0 Å². The van der Waals surface area contributed by atoms with Gasteiger partial charge >= 0.3 is 6.36 Å². The molecule has 0 bridgehead atoms. The van der Waals surface area contributed by atoms with Crippen LogP contribution >= 0.6 is 15.9 Å². The first-order valence-electron chi connectivity index (χ1n) is 6.83. The van der Waals surface area contributed by atoms with Crippen molar-refractivity contribution >= 4 is 15.9 Å². The highest BCUT2D eigenvalue weighted by Crippen LogP contribution is 2.30. The largest absolute Gasteiger partial charge is 0.573 e. The average molecular weight is 369 g/mol. The van der Waals surface area contributed by atoms with Crippen LogP contribution in [0.4, 0.5) is 13.2 Å². The Labute approximate surface area is 131 Å². The van der Waals surface area contributed by atoms with Crippen LogP contribution in [0.25, 0.3) is 0 Å². The van der Waals surface area contributed by atoms with Gasteiger partial charge in [0.2, 0.25) is 0 Å². The minimum atomic E-state index is -4.67. The molecule has 0 aliphatic rings. The van der Waals surface area contributed by atoms with E-state index in [1.54, 1.807) is 12.1 Å². The third-order valence-electron chi connectivity index (χ3n) is 3.05. The average Bonchev–Trinajstić information content (AvgIpc) is 2.40. The summed E-state index contributed by atoms with van der Waals surface area (Å²) < 4.78 is 40.7. The van der Waals surface area contributed by atoms with Crippen LogP contribution in [0.5, 0.6) is 5.75 Å². The summed E-state index contributed by atoms with van der Waals surface area (Å²) in [5.74, 6) is -0.227. The topological polar surface area (TPSA) is 24.5 Å². The van der Waals surface area contributed by atoms with E-state index < -0.39 is 6.36 Å². The smallest absolute Gasteiger partial charge is 0.405 e. The van der Waals surface area contributed by atoms with Crippen LogP contribution in [-0.4, -0.2) is 37.4 Å². The molecule has 0 spiro atoms. The van der Waals surface area contributed by atoms with Crippen LogP contribution in [0.1, 0.15) is 19.4 Å². The minimum absolute atomic E-state index is 0.227. The molecule has 1 aromatic rings. The summed E-state index contributed by atoms with van der Waals surface area (Å²) in [7, 11) is 0. The van der Waals surface area contributed by atoms with Gasteiger partial charge in [-0.1, -0.05) is 19.9 Å². The summed E-state index contributed by atoms with van der Waals surface area (Å²) >= 11 is 3.09. The lowest BCUT2D eigenvalue weighted by molar-refractivity contribution is -0.274. The lowest BCUT2D eigenvalue weighted by Gasteiger charge is -2.18. The summed E-state index contributed by atoms with van der Waals surface area (Å²) in [6.45, 7) is 8.62. The Kier molecular flexibility index (Phi) is 7.48. The van der Waals surface area contributed by atoms with Crippen molar-refractivity contribution in [2.75, 3.05) is 26.2 Å². The fourth-order valence-corrected chi connectivity index (χ4v) is 2.38. The van der Waals surface area contributed by atoms with E-state index in [4.69, 9.17) is 0 Å². The van der Waals surface area contributed by atoms with E-state index in [0.717, 1.165) is 31.7 Å². The lowest BCUT2D eigenvalue weighted by atomic mass is 10.2. The molecule has 120 valence electrons. The van der Waals surface area contributed by atoms with Crippen molar-refractivity contribution in [1.29, 1.82) is 0 Å². The van der Waals surface area contributed by atoms with Gasteiger partial charge in [0.15, 0.2) is 0 Å². The van der Waals surface area contributed by atoms with Crippen molar-refractivity contribution in [2.45, 2.75) is 26.8 Å². The number of rotatable bonds is 8. The van der Waals surface area contributed by atoms with E-state index in [2.05, 4.69) is 44.7 Å². The number of hydrogen-bond acceptors (Lipinski definition) is 3. The monoisotopic (exact) mass is 368 g/mol. The Morgan fingerprint density at radius 1 is 1.24 bits per heavy atom. The number of hydrogen-bond donors (Lipinski definition) is 1. The van der Waals surface area contributed by atoms with Crippen molar-refractivity contribution in [3.05, 3.63) is 28.2 Å². The Bertz CT molecular complexity index is 437. The molecule has 0 radical (unpaired) electrons. The summed E-state index contributed by atoms with van der Waals surface area (Å²) in [6, 6.07) is 4.57. The van der Waals surface area contributed by atoms with Gasteiger partial charge in [-0.05, 0) is 46.7 Å².